The Labute approximate surface area is 152 Å². The van der Waals surface area contributed by atoms with Crippen molar-refractivity contribution in [3.8, 4) is 0 Å². The molecule has 0 unspecified atom stereocenters. The van der Waals surface area contributed by atoms with Crippen molar-refractivity contribution in [2.75, 3.05) is 25.0 Å². The lowest BCUT2D eigenvalue weighted by atomic mass is 9.89. The SMILES string of the molecule is Cc1ccc2c(c1)[C@H]1CN(C)CC[C@@H]1N2C(=S)NC(=O)c1ccco1. The number of anilines is 1. The molecule has 5 nitrogen and oxygen atoms in total. The zero-order valence-corrected chi connectivity index (χ0v) is 15.2. The molecule has 1 aromatic carbocycles. The summed E-state index contributed by atoms with van der Waals surface area (Å²) in [4.78, 5) is 16.8. The fraction of sp³-hybridized carbons (Fsp3) is 0.368. The number of carbonyl (C=O) groups is 1. The van der Waals surface area contributed by atoms with Crippen LogP contribution in [0.5, 0.6) is 0 Å². The first-order valence-corrected chi connectivity index (χ1v) is 8.92. The van der Waals surface area contributed by atoms with Gasteiger partial charge < -0.3 is 14.2 Å². The van der Waals surface area contributed by atoms with Crippen LogP contribution in [0.25, 0.3) is 0 Å². The molecule has 2 aromatic rings. The second kappa shape index (κ2) is 6.28. The Hall–Kier alpha value is -2.18. The highest BCUT2D eigenvalue weighted by atomic mass is 32.1. The quantitative estimate of drug-likeness (QED) is 0.797. The van der Waals surface area contributed by atoms with Gasteiger partial charge in [-0.25, -0.2) is 0 Å². The molecular formula is C19H21N3O2S. The van der Waals surface area contributed by atoms with Gasteiger partial charge in [0.1, 0.15) is 0 Å². The van der Waals surface area contributed by atoms with Gasteiger partial charge in [-0.15, -0.1) is 0 Å². The number of likely N-dealkylation sites (tertiary alicyclic amines) is 1. The Balaban J connectivity index is 1.64. The second-order valence-electron chi connectivity index (χ2n) is 6.89. The van der Waals surface area contributed by atoms with Gasteiger partial charge in [0.05, 0.1) is 6.26 Å². The van der Waals surface area contributed by atoms with Gasteiger partial charge in [-0.05, 0) is 62.9 Å². The first-order valence-electron chi connectivity index (χ1n) is 8.52. The highest BCUT2D eigenvalue weighted by Gasteiger charge is 2.43. The van der Waals surface area contributed by atoms with Crippen LogP contribution in [0, 0.1) is 6.92 Å². The lowest BCUT2D eigenvalue weighted by molar-refractivity contribution is 0.0950. The van der Waals surface area contributed by atoms with E-state index in [2.05, 4.69) is 47.3 Å². The number of amides is 1. The van der Waals surface area contributed by atoms with Crippen LogP contribution in [-0.2, 0) is 0 Å². The number of nitrogens with one attached hydrogen (secondary N) is 1. The molecule has 3 heterocycles. The number of hydrogen-bond acceptors (Lipinski definition) is 4. The van der Waals surface area contributed by atoms with E-state index in [0.717, 1.165) is 25.2 Å². The number of likely N-dealkylation sites (N-methyl/N-ethyl adjacent to an activating group) is 1. The topological polar surface area (TPSA) is 48.7 Å². The summed E-state index contributed by atoms with van der Waals surface area (Å²) in [6, 6.07) is 10.1. The van der Waals surface area contributed by atoms with Crippen LogP contribution in [0.3, 0.4) is 0 Å². The fourth-order valence-electron chi connectivity index (χ4n) is 3.97. The minimum atomic E-state index is -0.306. The predicted octanol–water partition coefficient (Wildman–Crippen LogP) is 2.91. The van der Waals surface area contributed by atoms with Gasteiger partial charge in [-0.3, -0.25) is 10.1 Å². The lowest BCUT2D eigenvalue weighted by Gasteiger charge is -2.37. The van der Waals surface area contributed by atoms with Gasteiger partial charge in [0.25, 0.3) is 5.91 Å². The minimum absolute atomic E-state index is 0.269. The van der Waals surface area contributed by atoms with Gasteiger partial charge in [0.15, 0.2) is 10.9 Å². The molecule has 4 rings (SSSR count). The summed E-state index contributed by atoms with van der Waals surface area (Å²) in [5.41, 5.74) is 3.69. The summed E-state index contributed by atoms with van der Waals surface area (Å²) in [5.74, 6) is 0.373. The van der Waals surface area contributed by atoms with Gasteiger partial charge >= 0.3 is 0 Å². The Morgan fingerprint density at radius 1 is 1.36 bits per heavy atom. The summed E-state index contributed by atoms with van der Waals surface area (Å²) in [7, 11) is 2.16. The number of rotatable bonds is 1. The Bertz CT molecular complexity index is 818. The van der Waals surface area contributed by atoms with E-state index in [1.165, 1.54) is 17.4 Å². The van der Waals surface area contributed by atoms with Crippen molar-refractivity contribution in [1.82, 2.24) is 10.2 Å². The van der Waals surface area contributed by atoms with E-state index in [0.29, 0.717) is 11.0 Å². The Kier molecular flexibility index (Phi) is 4.09. The molecule has 0 aliphatic carbocycles. The van der Waals surface area contributed by atoms with Gasteiger partial charge in [-0.1, -0.05) is 17.7 Å². The molecule has 1 saturated heterocycles. The first kappa shape index (κ1) is 16.3. The van der Waals surface area contributed by atoms with Crippen LogP contribution in [-0.4, -0.2) is 42.1 Å². The fourth-order valence-corrected chi connectivity index (χ4v) is 4.30. The molecule has 130 valence electrons. The van der Waals surface area contributed by atoms with Crippen molar-refractivity contribution in [3.05, 3.63) is 53.5 Å². The molecule has 2 aliphatic rings. The van der Waals surface area contributed by atoms with Crippen LogP contribution in [0.4, 0.5) is 5.69 Å². The Morgan fingerprint density at radius 3 is 2.96 bits per heavy atom. The highest BCUT2D eigenvalue weighted by molar-refractivity contribution is 7.80. The van der Waals surface area contributed by atoms with Crippen molar-refractivity contribution in [2.24, 2.45) is 0 Å². The molecule has 1 amide bonds. The van der Waals surface area contributed by atoms with Crippen molar-refractivity contribution >= 4 is 28.9 Å². The smallest absolute Gasteiger partial charge is 0.293 e. The van der Waals surface area contributed by atoms with Crippen molar-refractivity contribution in [1.29, 1.82) is 0 Å². The standard InChI is InChI=1S/C19H21N3O2S/c1-12-5-6-15-13(10-12)14-11-21(2)8-7-16(14)22(15)19(25)20-18(23)17-4-3-9-24-17/h3-6,9-10,14,16H,7-8,11H2,1-2H3,(H,20,23,25)/t14-,16+/m1/s1. The second-order valence-corrected chi connectivity index (χ2v) is 7.28. The number of carbonyl (C=O) groups excluding carboxylic acids is 1. The van der Waals surface area contributed by atoms with Gasteiger partial charge in [0, 0.05) is 24.2 Å². The molecule has 1 aromatic heterocycles. The number of benzene rings is 1. The summed E-state index contributed by atoms with van der Waals surface area (Å²) >= 11 is 5.61. The van der Waals surface area contributed by atoms with E-state index in [9.17, 15) is 4.79 Å². The molecule has 1 N–H and O–H groups in total. The van der Waals surface area contributed by atoms with Gasteiger partial charge in [-0.2, -0.15) is 0 Å². The third kappa shape index (κ3) is 2.85. The molecule has 2 atom stereocenters. The van der Waals surface area contributed by atoms with E-state index in [1.807, 2.05) is 0 Å². The monoisotopic (exact) mass is 355 g/mol. The molecule has 2 aliphatic heterocycles. The number of fused-ring (bicyclic) bond motifs is 3. The van der Waals surface area contributed by atoms with E-state index in [4.69, 9.17) is 16.6 Å². The van der Waals surface area contributed by atoms with Crippen molar-refractivity contribution in [2.45, 2.75) is 25.3 Å². The number of piperidine rings is 1. The van der Waals surface area contributed by atoms with Gasteiger partial charge in [0.2, 0.25) is 0 Å². The van der Waals surface area contributed by atoms with Crippen LogP contribution >= 0.6 is 12.2 Å². The van der Waals surface area contributed by atoms with Crippen LogP contribution < -0.4 is 10.2 Å². The zero-order chi connectivity index (χ0) is 17.6. The molecule has 0 spiro atoms. The molecular weight excluding hydrogens is 334 g/mol. The summed E-state index contributed by atoms with van der Waals surface area (Å²) in [6.07, 6.45) is 2.50. The number of hydrogen-bond donors (Lipinski definition) is 1. The largest absolute Gasteiger partial charge is 0.459 e. The molecule has 1 fully saturated rings. The van der Waals surface area contributed by atoms with E-state index < -0.39 is 0 Å². The van der Waals surface area contributed by atoms with Crippen LogP contribution in [0.1, 0.15) is 34.0 Å². The van der Waals surface area contributed by atoms with Crippen LogP contribution in [0.2, 0.25) is 0 Å². The first-order chi connectivity index (χ1) is 12.0. The summed E-state index contributed by atoms with van der Waals surface area (Å²) in [6.45, 7) is 4.15. The highest BCUT2D eigenvalue weighted by Crippen LogP contribution is 2.44. The molecule has 0 saturated carbocycles. The van der Waals surface area contributed by atoms with Crippen molar-refractivity contribution in [3.63, 3.8) is 0 Å². The third-order valence-corrected chi connectivity index (χ3v) is 5.44. The number of furan rings is 1. The Morgan fingerprint density at radius 2 is 2.20 bits per heavy atom. The molecule has 0 radical (unpaired) electrons. The van der Waals surface area contributed by atoms with E-state index in [-0.39, 0.29) is 17.7 Å². The molecule has 0 bridgehead atoms. The number of thiocarbonyl (C=S) groups is 1. The zero-order valence-electron chi connectivity index (χ0n) is 14.4. The normalized spacial score (nSPS) is 22.4. The van der Waals surface area contributed by atoms with Crippen molar-refractivity contribution < 1.29 is 9.21 Å². The summed E-state index contributed by atoms with van der Waals surface area (Å²) in [5, 5.41) is 3.28. The predicted molar refractivity (Wildman–Crippen MR) is 101 cm³/mol. The maximum Gasteiger partial charge on any atom is 0.293 e. The average molecular weight is 355 g/mol. The van der Waals surface area contributed by atoms with Crippen LogP contribution in [0.15, 0.2) is 41.0 Å². The summed E-state index contributed by atoms with van der Waals surface area (Å²) < 4.78 is 5.17. The maximum absolute atomic E-state index is 12.3. The lowest BCUT2D eigenvalue weighted by Crippen LogP contribution is -2.51. The van der Waals surface area contributed by atoms with E-state index in [1.54, 1.807) is 12.1 Å². The van der Waals surface area contributed by atoms with E-state index >= 15 is 0 Å². The molecule has 6 heteroatoms. The average Bonchev–Trinajstić information content (AvgIpc) is 3.21. The number of nitrogens with zero attached hydrogens (tertiary/aromatic N) is 2. The number of aryl methyl sites for hydroxylation is 1. The minimum Gasteiger partial charge on any atom is -0.459 e. The maximum atomic E-state index is 12.3. The third-order valence-electron chi connectivity index (χ3n) is 5.14. The molecule has 25 heavy (non-hydrogen) atoms.